The molecule has 0 N–H and O–H groups in total. The second-order valence-corrected chi connectivity index (χ2v) is 15.6. The largest absolute Gasteiger partial charge is 0.309 e. The molecule has 55 heavy (non-hydrogen) atoms. The van der Waals surface area contributed by atoms with Crippen LogP contribution in [0.2, 0.25) is 0 Å². The molecule has 4 nitrogen and oxygen atoms in total. The average Bonchev–Trinajstić information content (AvgIpc) is 3.98. The van der Waals surface area contributed by atoms with Crippen molar-refractivity contribution in [2.45, 2.75) is 0 Å². The normalized spacial score (nSPS) is 12.4. The Bertz CT molecular complexity index is 3700. The van der Waals surface area contributed by atoms with Crippen LogP contribution >= 0.6 is 11.3 Å². The van der Waals surface area contributed by atoms with E-state index in [1.165, 1.54) is 80.8 Å². The van der Waals surface area contributed by atoms with E-state index in [0.717, 1.165) is 38.5 Å². The first-order valence-corrected chi connectivity index (χ1v) is 19.5. The van der Waals surface area contributed by atoms with Gasteiger partial charge in [0.05, 0.1) is 43.5 Å². The van der Waals surface area contributed by atoms with E-state index in [9.17, 15) is 0 Å². The predicted molar refractivity (Wildman–Crippen MR) is 232 cm³/mol. The lowest BCUT2D eigenvalue weighted by Crippen LogP contribution is -1.96. The van der Waals surface area contributed by atoms with Crippen molar-refractivity contribution in [3.05, 3.63) is 170 Å². The molecule has 5 heterocycles. The van der Waals surface area contributed by atoms with Gasteiger partial charge < -0.3 is 8.97 Å². The fraction of sp³-hybridized carbons (Fsp3) is 0. The van der Waals surface area contributed by atoms with Gasteiger partial charge in [0.2, 0.25) is 0 Å². The molecular formula is C50H28N4S. The summed E-state index contributed by atoms with van der Waals surface area (Å²) in [5.41, 5.74) is 11.3. The summed E-state index contributed by atoms with van der Waals surface area (Å²) in [5, 5.41) is 11.3. The van der Waals surface area contributed by atoms with Crippen molar-refractivity contribution in [2.75, 3.05) is 0 Å². The maximum Gasteiger partial charge on any atom is 0.160 e. The van der Waals surface area contributed by atoms with Crippen LogP contribution in [0.5, 0.6) is 0 Å². The molecule has 0 saturated heterocycles. The van der Waals surface area contributed by atoms with E-state index in [-0.39, 0.29) is 0 Å². The van der Waals surface area contributed by atoms with Gasteiger partial charge in [0.15, 0.2) is 5.82 Å². The lowest BCUT2D eigenvalue weighted by molar-refractivity contribution is 1.18. The monoisotopic (exact) mass is 716 g/mol. The van der Waals surface area contributed by atoms with E-state index in [0.29, 0.717) is 0 Å². The fourth-order valence-electron chi connectivity index (χ4n) is 9.25. The Balaban J connectivity index is 1.10. The number of hydrogen-bond acceptors (Lipinski definition) is 3. The smallest absolute Gasteiger partial charge is 0.160 e. The van der Waals surface area contributed by atoms with Gasteiger partial charge in [0.25, 0.3) is 0 Å². The van der Waals surface area contributed by atoms with Crippen LogP contribution in [0.15, 0.2) is 170 Å². The van der Waals surface area contributed by atoms with Gasteiger partial charge in [0.1, 0.15) is 0 Å². The van der Waals surface area contributed by atoms with Crippen LogP contribution in [0.3, 0.4) is 0 Å². The van der Waals surface area contributed by atoms with E-state index < -0.39 is 0 Å². The topological polar surface area (TPSA) is 35.1 Å². The molecule has 0 amide bonds. The van der Waals surface area contributed by atoms with Crippen LogP contribution in [-0.2, 0) is 0 Å². The molecule has 0 aliphatic rings. The Morgan fingerprint density at radius 3 is 1.93 bits per heavy atom. The van der Waals surface area contributed by atoms with Crippen LogP contribution < -0.4 is 0 Å². The zero-order valence-corrected chi connectivity index (χ0v) is 30.2. The number of nitrogens with zero attached hydrogens (tertiary/aromatic N) is 4. The van der Waals surface area contributed by atoms with Crippen molar-refractivity contribution in [2.24, 2.45) is 0 Å². The van der Waals surface area contributed by atoms with Crippen molar-refractivity contribution in [3.8, 4) is 28.3 Å². The lowest BCUT2D eigenvalue weighted by Gasteiger charge is -2.11. The molecule has 5 heteroatoms. The van der Waals surface area contributed by atoms with Crippen molar-refractivity contribution in [1.82, 2.24) is 18.9 Å². The Morgan fingerprint density at radius 2 is 1.11 bits per heavy atom. The minimum atomic E-state index is 0.731. The molecule has 0 atom stereocenters. The molecule has 0 bridgehead atoms. The van der Waals surface area contributed by atoms with Crippen molar-refractivity contribution >= 4 is 102 Å². The third-order valence-electron chi connectivity index (χ3n) is 11.6. The number of fused-ring (bicyclic) bond motifs is 14. The number of thiophene rings is 1. The number of para-hydroxylation sites is 2. The van der Waals surface area contributed by atoms with Gasteiger partial charge in [-0.1, -0.05) is 109 Å². The first kappa shape index (κ1) is 29.4. The summed E-state index contributed by atoms with van der Waals surface area (Å²) in [4.78, 5) is 10.5. The summed E-state index contributed by atoms with van der Waals surface area (Å²) < 4.78 is 7.28. The van der Waals surface area contributed by atoms with E-state index in [2.05, 4.69) is 179 Å². The van der Waals surface area contributed by atoms with Crippen molar-refractivity contribution in [3.63, 3.8) is 0 Å². The molecule has 0 spiro atoms. The Kier molecular flexibility index (Phi) is 5.74. The Hall–Kier alpha value is -7.08. The quantitative estimate of drug-likeness (QED) is 0.182. The number of hydrogen-bond donors (Lipinski definition) is 0. The standard InChI is InChI=1S/C50H28N4S/c1-2-12-29(13-3-1)46-49-47(36-18-8-11-21-43(36)55-49)52-50(51-46)30-22-24-33(25-23-30)53-41-27-32-15-5-4-14-31(32)26-38(41)44-42(53)28-37-34-16-6-9-19-39(34)54-40-20-10-7-17-35(40)45(44)48(37)54/h1-28H. The summed E-state index contributed by atoms with van der Waals surface area (Å²) in [6, 6.07) is 61.6. The average molecular weight is 717 g/mol. The minimum absolute atomic E-state index is 0.731. The highest BCUT2D eigenvalue weighted by molar-refractivity contribution is 7.26. The number of benzene rings is 8. The molecule has 0 saturated carbocycles. The molecule has 0 fully saturated rings. The van der Waals surface area contributed by atoms with Gasteiger partial charge in [-0.2, -0.15) is 0 Å². The van der Waals surface area contributed by atoms with E-state index in [4.69, 9.17) is 9.97 Å². The summed E-state index contributed by atoms with van der Waals surface area (Å²) in [7, 11) is 0. The lowest BCUT2D eigenvalue weighted by atomic mass is 10.0. The number of aromatic nitrogens is 4. The van der Waals surface area contributed by atoms with Crippen LogP contribution in [0.1, 0.15) is 0 Å². The van der Waals surface area contributed by atoms with Crippen LogP contribution in [0, 0.1) is 0 Å². The Morgan fingerprint density at radius 1 is 0.436 bits per heavy atom. The molecule has 13 rings (SSSR count). The SMILES string of the molecule is c1ccc(-c2nc(-c3ccc(-n4c5cc6ccccc6cc5c5c6c7ccccc7n7c8ccccc8c(cc54)c67)cc3)nc3c2sc2ccccc23)cc1. The van der Waals surface area contributed by atoms with Gasteiger partial charge in [-0.25, -0.2) is 9.97 Å². The zero-order valence-electron chi connectivity index (χ0n) is 29.4. The first-order chi connectivity index (χ1) is 27.3. The molecular weight excluding hydrogens is 689 g/mol. The minimum Gasteiger partial charge on any atom is -0.309 e. The highest BCUT2D eigenvalue weighted by Gasteiger charge is 2.24. The van der Waals surface area contributed by atoms with Gasteiger partial charge >= 0.3 is 0 Å². The molecule has 0 aliphatic heterocycles. The summed E-state index contributed by atoms with van der Waals surface area (Å²) in [6.07, 6.45) is 0. The second-order valence-electron chi connectivity index (χ2n) is 14.5. The third-order valence-corrected chi connectivity index (χ3v) is 12.8. The van der Waals surface area contributed by atoms with Gasteiger partial charge in [-0.05, 0) is 71.4 Å². The highest BCUT2D eigenvalue weighted by Crippen LogP contribution is 2.47. The molecule has 254 valence electrons. The zero-order chi connectivity index (χ0) is 35.8. The van der Waals surface area contributed by atoms with Gasteiger partial charge in [-0.15, -0.1) is 11.3 Å². The number of rotatable bonds is 3. The first-order valence-electron chi connectivity index (χ1n) is 18.7. The van der Waals surface area contributed by atoms with E-state index in [1.54, 1.807) is 11.3 Å². The molecule has 0 aliphatic carbocycles. The van der Waals surface area contributed by atoms with E-state index >= 15 is 0 Å². The molecule has 13 aromatic rings. The van der Waals surface area contributed by atoms with Crippen molar-refractivity contribution in [1.29, 1.82) is 0 Å². The molecule has 0 unspecified atom stereocenters. The maximum absolute atomic E-state index is 5.26. The van der Waals surface area contributed by atoms with E-state index in [1.807, 2.05) is 0 Å². The second kappa shape index (κ2) is 10.8. The third kappa shape index (κ3) is 3.94. The maximum atomic E-state index is 5.26. The summed E-state index contributed by atoms with van der Waals surface area (Å²) in [6.45, 7) is 0. The van der Waals surface area contributed by atoms with Crippen LogP contribution in [0.4, 0.5) is 0 Å². The van der Waals surface area contributed by atoms with Crippen LogP contribution in [0.25, 0.3) is 119 Å². The fourth-order valence-corrected chi connectivity index (χ4v) is 10.4. The summed E-state index contributed by atoms with van der Waals surface area (Å²) >= 11 is 1.77. The summed E-state index contributed by atoms with van der Waals surface area (Å²) in [5.74, 6) is 0.731. The van der Waals surface area contributed by atoms with Crippen molar-refractivity contribution < 1.29 is 0 Å². The highest BCUT2D eigenvalue weighted by atomic mass is 32.1. The van der Waals surface area contributed by atoms with Crippen LogP contribution in [-0.4, -0.2) is 18.9 Å². The molecule has 0 radical (unpaired) electrons. The molecule has 5 aromatic heterocycles. The molecule has 8 aromatic carbocycles. The predicted octanol–water partition coefficient (Wildman–Crippen LogP) is 13.6. The van der Waals surface area contributed by atoms with Gasteiger partial charge in [0, 0.05) is 59.2 Å². The Labute approximate surface area is 318 Å². The van der Waals surface area contributed by atoms with Gasteiger partial charge in [-0.3, -0.25) is 0 Å².